The maximum absolute atomic E-state index is 12.3. The highest BCUT2D eigenvalue weighted by Crippen LogP contribution is 2.20. The van der Waals surface area contributed by atoms with Crippen LogP contribution in [0.5, 0.6) is 0 Å². The van der Waals surface area contributed by atoms with Crippen molar-refractivity contribution >= 4 is 23.2 Å². The molecule has 0 atom stereocenters. The molecule has 0 aliphatic carbocycles. The van der Waals surface area contributed by atoms with Gasteiger partial charge in [-0.2, -0.15) is 0 Å². The molecule has 110 valence electrons. The summed E-state index contributed by atoms with van der Waals surface area (Å²) < 4.78 is 1.74. The second-order valence-electron chi connectivity index (χ2n) is 4.76. The summed E-state index contributed by atoms with van der Waals surface area (Å²) in [6.07, 6.45) is 5.06. The van der Waals surface area contributed by atoms with Crippen molar-refractivity contribution in [1.29, 1.82) is 0 Å². The Morgan fingerprint density at radius 3 is 2.86 bits per heavy atom. The molecule has 0 saturated heterocycles. The van der Waals surface area contributed by atoms with E-state index in [1.54, 1.807) is 53.6 Å². The van der Waals surface area contributed by atoms with Crippen LogP contribution in [-0.4, -0.2) is 20.4 Å². The fourth-order valence-electron chi connectivity index (χ4n) is 2.04. The number of hydrogen-bond donors (Lipinski definition) is 1. The molecule has 1 aromatic carbocycles. The van der Waals surface area contributed by atoms with Crippen molar-refractivity contribution in [1.82, 2.24) is 14.5 Å². The van der Waals surface area contributed by atoms with Gasteiger partial charge in [0, 0.05) is 23.1 Å². The number of carbonyl (C=O) groups is 1. The Hall–Kier alpha value is -2.66. The molecule has 0 fully saturated rings. The number of hydrogen-bond acceptors (Lipinski definition) is 3. The highest BCUT2D eigenvalue weighted by atomic mass is 35.5. The fourth-order valence-corrected chi connectivity index (χ4v) is 2.27. The molecule has 2 heterocycles. The van der Waals surface area contributed by atoms with Crippen molar-refractivity contribution in [3.63, 3.8) is 0 Å². The first kappa shape index (κ1) is 14.3. The predicted molar refractivity (Wildman–Crippen MR) is 85.5 cm³/mol. The van der Waals surface area contributed by atoms with E-state index in [4.69, 9.17) is 11.6 Å². The number of imidazole rings is 1. The van der Waals surface area contributed by atoms with Crippen LogP contribution in [0.3, 0.4) is 0 Å². The molecule has 0 aliphatic rings. The Morgan fingerprint density at radius 1 is 1.27 bits per heavy atom. The molecule has 0 unspecified atom stereocenters. The first-order chi connectivity index (χ1) is 10.6. The van der Waals surface area contributed by atoms with Crippen molar-refractivity contribution in [2.75, 3.05) is 5.32 Å². The molecule has 3 aromatic rings. The topological polar surface area (TPSA) is 59.8 Å². The lowest BCUT2D eigenvalue weighted by atomic mass is 10.2. The first-order valence-corrected chi connectivity index (χ1v) is 7.04. The number of nitrogens with one attached hydrogen (secondary N) is 1. The van der Waals surface area contributed by atoms with Gasteiger partial charge in [-0.1, -0.05) is 17.7 Å². The molecule has 5 nitrogen and oxygen atoms in total. The summed E-state index contributed by atoms with van der Waals surface area (Å²) in [4.78, 5) is 20.7. The fraction of sp³-hybridized carbons (Fsp3) is 0.0625. The maximum atomic E-state index is 12.3. The average Bonchev–Trinajstić information content (AvgIpc) is 3.04. The standard InChI is InChI=1S/C16H13ClN4O/c1-11-9-12(17)5-6-13(11)20-16(22)14-3-2-4-15(19-14)21-8-7-18-10-21/h2-10H,1H3,(H,20,22). The van der Waals surface area contributed by atoms with Gasteiger partial charge in [0.15, 0.2) is 0 Å². The van der Waals surface area contributed by atoms with Gasteiger partial charge in [-0.15, -0.1) is 0 Å². The summed E-state index contributed by atoms with van der Waals surface area (Å²) in [5.74, 6) is 0.366. The number of nitrogens with zero attached hydrogens (tertiary/aromatic N) is 3. The molecular formula is C16H13ClN4O. The third kappa shape index (κ3) is 2.99. The predicted octanol–water partition coefficient (Wildman–Crippen LogP) is 3.48. The van der Waals surface area contributed by atoms with Crippen molar-refractivity contribution in [3.8, 4) is 5.82 Å². The van der Waals surface area contributed by atoms with Crippen LogP contribution in [-0.2, 0) is 0 Å². The zero-order chi connectivity index (χ0) is 15.5. The van der Waals surface area contributed by atoms with E-state index in [0.29, 0.717) is 22.2 Å². The number of carbonyl (C=O) groups excluding carboxylic acids is 1. The number of benzene rings is 1. The summed E-state index contributed by atoms with van der Waals surface area (Å²) in [6.45, 7) is 1.89. The van der Waals surface area contributed by atoms with Crippen LogP contribution in [0.1, 0.15) is 16.1 Å². The minimum atomic E-state index is -0.271. The van der Waals surface area contributed by atoms with Gasteiger partial charge in [-0.3, -0.25) is 9.36 Å². The summed E-state index contributed by atoms with van der Waals surface area (Å²) in [5, 5.41) is 3.48. The van der Waals surface area contributed by atoms with Gasteiger partial charge in [-0.05, 0) is 42.8 Å². The molecule has 1 amide bonds. The third-order valence-corrected chi connectivity index (χ3v) is 3.41. The number of amides is 1. The molecule has 6 heteroatoms. The van der Waals surface area contributed by atoms with Crippen molar-refractivity contribution in [3.05, 3.63) is 71.4 Å². The van der Waals surface area contributed by atoms with Crippen molar-refractivity contribution in [2.24, 2.45) is 0 Å². The summed E-state index contributed by atoms with van der Waals surface area (Å²) in [7, 11) is 0. The minimum Gasteiger partial charge on any atom is -0.320 e. The molecule has 0 saturated carbocycles. The maximum Gasteiger partial charge on any atom is 0.274 e. The number of halogens is 1. The van der Waals surface area contributed by atoms with E-state index >= 15 is 0 Å². The second-order valence-corrected chi connectivity index (χ2v) is 5.20. The lowest BCUT2D eigenvalue weighted by molar-refractivity contribution is 0.102. The molecule has 1 N–H and O–H groups in total. The normalized spacial score (nSPS) is 10.5. The Balaban J connectivity index is 1.85. The first-order valence-electron chi connectivity index (χ1n) is 6.66. The van der Waals surface area contributed by atoms with E-state index in [0.717, 1.165) is 5.56 Å². The van der Waals surface area contributed by atoms with Gasteiger partial charge in [0.25, 0.3) is 5.91 Å². The van der Waals surface area contributed by atoms with Gasteiger partial charge < -0.3 is 5.32 Å². The van der Waals surface area contributed by atoms with Crippen LogP contribution in [0.4, 0.5) is 5.69 Å². The Labute approximate surface area is 132 Å². The van der Waals surface area contributed by atoms with Crippen LogP contribution in [0, 0.1) is 6.92 Å². The quantitative estimate of drug-likeness (QED) is 0.805. The lowest BCUT2D eigenvalue weighted by Crippen LogP contribution is -2.15. The van der Waals surface area contributed by atoms with Crippen LogP contribution in [0.25, 0.3) is 5.82 Å². The number of aromatic nitrogens is 3. The van der Waals surface area contributed by atoms with Gasteiger partial charge in [-0.25, -0.2) is 9.97 Å². The van der Waals surface area contributed by atoms with Gasteiger partial charge in [0.2, 0.25) is 0 Å². The summed E-state index contributed by atoms with van der Waals surface area (Å²) in [5.41, 5.74) is 1.94. The monoisotopic (exact) mass is 312 g/mol. The van der Waals surface area contributed by atoms with Gasteiger partial charge in [0.05, 0.1) is 0 Å². The van der Waals surface area contributed by atoms with E-state index in [1.165, 1.54) is 0 Å². The zero-order valence-electron chi connectivity index (χ0n) is 11.8. The Kier molecular flexibility index (Phi) is 3.89. The summed E-state index contributed by atoms with van der Waals surface area (Å²) >= 11 is 5.91. The highest BCUT2D eigenvalue weighted by molar-refractivity contribution is 6.30. The number of rotatable bonds is 3. The Bertz CT molecular complexity index is 815. The van der Waals surface area contributed by atoms with Crippen LogP contribution < -0.4 is 5.32 Å². The SMILES string of the molecule is Cc1cc(Cl)ccc1NC(=O)c1cccc(-n2ccnc2)n1. The summed E-state index contributed by atoms with van der Waals surface area (Å²) in [6, 6.07) is 10.6. The molecule has 3 rings (SSSR count). The Morgan fingerprint density at radius 2 is 2.14 bits per heavy atom. The van der Waals surface area contributed by atoms with E-state index in [9.17, 15) is 4.79 Å². The lowest BCUT2D eigenvalue weighted by Gasteiger charge is -2.09. The zero-order valence-corrected chi connectivity index (χ0v) is 12.6. The average molecular weight is 313 g/mol. The molecule has 0 aliphatic heterocycles. The smallest absolute Gasteiger partial charge is 0.274 e. The van der Waals surface area contributed by atoms with Crippen molar-refractivity contribution < 1.29 is 4.79 Å². The third-order valence-electron chi connectivity index (χ3n) is 3.17. The van der Waals surface area contributed by atoms with Crippen LogP contribution in [0.2, 0.25) is 5.02 Å². The van der Waals surface area contributed by atoms with Gasteiger partial charge >= 0.3 is 0 Å². The van der Waals surface area contributed by atoms with Crippen LogP contribution in [0.15, 0.2) is 55.1 Å². The van der Waals surface area contributed by atoms with E-state index < -0.39 is 0 Å². The van der Waals surface area contributed by atoms with Crippen LogP contribution >= 0.6 is 11.6 Å². The molecule has 0 radical (unpaired) electrons. The number of aryl methyl sites for hydroxylation is 1. The van der Waals surface area contributed by atoms with Gasteiger partial charge in [0.1, 0.15) is 17.8 Å². The molecule has 2 aromatic heterocycles. The molecule has 22 heavy (non-hydrogen) atoms. The molecular weight excluding hydrogens is 300 g/mol. The highest BCUT2D eigenvalue weighted by Gasteiger charge is 2.10. The largest absolute Gasteiger partial charge is 0.320 e. The van der Waals surface area contributed by atoms with Crippen molar-refractivity contribution in [2.45, 2.75) is 6.92 Å². The number of pyridine rings is 1. The molecule has 0 spiro atoms. The van der Waals surface area contributed by atoms with E-state index in [-0.39, 0.29) is 5.91 Å². The van der Waals surface area contributed by atoms with E-state index in [2.05, 4.69) is 15.3 Å². The van der Waals surface area contributed by atoms with E-state index in [1.807, 2.05) is 13.0 Å². The minimum absolute atomic E-state index is 0.271. The number of anilines is 1. The second kappa shape index (κ2) is 5.99. The molecule has 0 bridgehead atoms.